The number of nitrogens with zero attached hydrogens (tertiary/aromatic N) is 2. The van der Waals surface area contributed by atoms with Crippen molar-refractivity contribution >= 4 is 38.7 Å². The summed E-state index contributed by atoms with van der Waals surface area (Å²) >= 11 is 0. The first-order valence-electron chi connectivity index (χ1n) is 10.5. The molecule has 1 aliphatic heterocycles. The molecule has 4 rings (SSSR count). The Labute approximate surface area is 200 Å². The highest BCUT2D eigenvalue weighted by Gasteiger charge is 2.28. The number of benzene rings is 3. The number of rotatable bonds is 5. The average molecular weight is 498 g/mol. The molecule has 1 N–H and O–H groups in total. The van der Waals surface area contributed by atoms with Crippen LogP contribution in [0.2, 0.25) is 0 Å². The second-order valence-corrected chi connectivity index (χ2v) is 10.1. The monoisotopic (exact) mass is 497 g/mol. The minimum atomic E-state index is -3.80. The molecule has 0 saturated carbocycles. The first kappa shape index (κ1) is 24.0. The first-order chi connectivity index (χ1) is 16.5. The topological polar surface area (TPSA) is 127 Å². The molecule has 0 bridgehead atoms. The van der Waals surface area contributed by atoms with Gasteiger partial charge in [-0.25, -0.2) is 12.8 Å². The highest BCUT2D eigenvalue weighted by molar-refractivity contribution is 7.90. The summed E-state index contributed by atoms with van der Waals surface area (Å²) in [6.07, 6.45) is 2.02. The van der Waals surface area contributed by atoms with Crippen molar-refractivity contribution in [2.75, 3.05) is 23.0 Å². The largest absolute Gasteiger partial charge is 0.322 e. The van der Waals surface area contributed by atoms with E-state index in [-0.39, 0.29) is 16.0 Å². The first-order valence-corrected chi connectivity index (χ1v) is 12.4. The third-order valence-corrected chi connectivity index (χ3v) is 6.72. The zero-order valence-electron chi connectivity index (χ0n) is 18.5. The van der Waals surface area contributed by atoms with Crippen LogP contribution in [0.5, 0.6) is 0 Å². The van der Waals surface area contributed by atoms with Crippen molar-refractivity contribution in [2.45, 2.75) is 17.7 Å². The van der Waals surface area contributed by atoms with E-state index in [2.05, 4.69) is 5.32 Å². The van der Waals surface area contributed by atoms with Crippen LogP contribution in [-0.4, -0.2) is 38.0 Å². The summed E-state index contributed by atoms with van der Waals surface area (Å²) < 4.78 is 37.2. The van der Waals surface area contributed by atoms with Crippen LogP contribution in [0, 0.1) is 15.9 Å². The second-order valence-electron chi connectivity index (χ2n) is 8.07. The third kappa shape index (κ3) is 5.04. The van der Waals surface area contributed by atoms with Gasteiger partial charge in [0.25, 0.3) is 17.5 Å². The molecular weight excluding hydrogens is 477 g/mol. The van der Waals surface area contributed by atoms with Gasteiger partial charge in [-0.2, -0.15) is 0 Å². The molecule has 1 heterocycles. The smallest absolute Gasteiger partial charge is 0.271 e. The van der Waals surface area contributed by atoms with Gasteiger partial charge in [0.05, 0.1) is 9.82 Å². The lowest BCUT2D eigenvalue weighted by Gasteiger charge is -2.31. The van der Waals surface area contributed by atoms with Crippen molar-refractivity contribution in [3.63, 3.8) is 0 Å². The highest BCUT2D eigenvalue weighted by atomic mass is 32.2. The minimum absolute atomic E-state index is 0.131. The number of nitro benzene ring substituents is 1. The predicted octanol–water partition coefficient (Wildman–Crippen LogP) is 3.98. The van der Waals surface area contributed by atoms with Gasteiger partial charge in [0.1, 0.15) is 5.82 Å². The summed E-state index contributed by atoms with van der Waals surface area (Å²) in [5.41, 5.74) is 1.30. The fourth-order valence-corrected chi connectivity index (χ4v) is 4.61. The molecule has 0 saturated heterocycles. The van der Waals surface area contributed by atoms with Crippen LogP contribution in [0.1, 0.15) is 32.7 Å². The van der Waals surface area contributed by atoms with Crippen LogP contribution in [0.25, 0.3) is 0 Å². The molecule has 3 aromatic rings. The van der Waals surface area contributed by atoms with Gasteiger partial charge in [0, 0.05) is 47.4 Å². The number of fused-ring (bicyclic) bond motifs is 1. The van der Waals surface area contributed by atoms with Crippen LogP contribution >= 0.6 is 0 Å². The highest BCUT2D eigenvalue weighted by Crippen LogP contribution is 2.34. The van der Waals surface area contributed by atoms with Gasteiger partial charge in [-0.3, -0.25) is 19.7 Å². The fourth-order valence-electron chi connectivity index (χ4n) is 3.93. The van der Waals surface area contributed by atoms with Gasteiger partial charge < -0.3 is 10.2 Å². The normalized spacial score (nSPS) is 13.1. The van der Waals surface area contributed by atoms with Crippen molar-refractivity contribution < 1.29 is 27.3 Å². The number of carbonyl (C=O) groups is 2. The minimum Gasteiger partial charge on any atom is -0.322 e. The lowest BCUT2D eigenvalue weighted by atomic mass is 9.98. The Morgan fingerprint density at radius 2 is 1.77 bits per heavy atom. The number of sulfone groups is 1. The molecule has 11 heteroatoms. The standard InChI is InChI=1S/C24H20FN3O6S/c1-35(33,34)19-13-16(12-18(14-19)28(31)32)24(30)27-11-3-4-20-21(5-2-6-22(20)27)26-23(29)15-7-9-17(25)10-8-15/h2,5-10,12-14H,3-4,11H2,1H3,(H,26,29). The lowest BCUT2D eigenvalue weighted by molar-refractivity contribution is -0.385. The quantitative estimate of drug-likeness (QED) is 0.420. The van der Waals surface area contributed by atoms with E-state index < -0.39 is 38.1 Å². The summed E-state index contributed by atoms with van der Waals surface area (Å²) in [5.74, 6) is -1.51. The number of hydrogen-bond acceptors (Lipinski definition) is 6. The summed E-state index contributed by atoms with van der Waals surface area (Å²) in [5, 5.41) is 14.1. The van der Waals surface area contributed by atoms with Crippen molar-refractivity contribution in [1.29, 1.82) is 0 Å². The maximum atomic E-state index is 13.4. The van der Waals surface area contributed by atoms with Crippen molar-refractivity contribution in [1.82, 2.24) is 0 Å². The summed E-state index contributed by atoms with van der Waals surface area (Å²) in [6.45, 7) is 0.304. The average Bonchev–Trinajstić information content (AvgIpc) is 2.83. The third-order valence-electron chi connectivity index (χ3n) is 5.63. The Morgan fingerprint density at radius 3 is 2.43 bits per heavy atom. The molecule has 2 amide bonds. The molecule has 0 aliphatic carbocycles. The predicted molar refractivity (Wildman–Crippen MR) is 127 cm³/mol. The molecule has 1 aliphatic rings. The van der Waals surface area contributed by atoms with E-state index in [1.165, 1.54) is 29.2 Å². The van der Waals surface area contributed by atoms with E-state index in [9.17, 15) is 32.5 Å². The molecule has 0 aromatic heterocycles. The van der Waals surface area contributed by atoms with Crippen molar-refractivity contribution in [3.8, 4) is 0 Å². The fraction of sp³-hybridized carbons (Fsp3) is 0.167. The Morgan fingerprint density at radius 1 is 1.06 bits per heavy atom. The summed E-state index contributed by atoms with van der Waals surface area (Å²) in [7, 11) is -3.80. The van der Waals surface area contributed by atoms with Crippen LogP contribution in [-0.2, 0) is 16.3 Å². The number of nitrogens with one attached hydrogen (secondary N) is 1. The molecule has 35 heavy (non-hydrogen) atoms. The maximum absolute atomic E-state index is 13.4. The molecule has 0 spiro atoms. The molecule has 0 unspecified atom stereocenters. The number of hydrogen-bond donors (Lipinski definition) is 1. The van der Waals surface area contributed by atoms with E-state index in [4.69, 9.17) is 0 Å². The van der Waals surface area contributed by atoms with Crippen LogP contribution < -0.4 is 10.2 Å². The Balaban J connectivity index is 1.69. The molecule has 9 nitrogen and oxygen atoms in total. The van der Waals surface area contributed by atoms with Gasteiger partial charge in [0.15, 0.2) is 9.84 Å². The molecule has 180 valence electrons. The lowest BCUT2D eigenvalue weighted by Crippen LogP contribution is -2.36. The van der Waals surface area contributed by atoms with E-state index in [0.717, 1.165) is 24.5 Å². The zero-order chi connectivity index (χ0) is 25.3. The van der Waals surface area contributed by atoms with Gasteiger partial charge in [-0.15, -0.1) is 0 Å². The van der Waals surface area contributed by atoms with E-state index in [1.54, 1.807) is 18.2 Å². The Kier molecular flexibility index (Phi) is 6.35. The number of amides is 2. The van der Waals surface area contributed by atoms with E-state index in [1.807, 2.05) is 0 Å². The van der Waals surface area contributed by atoms with E-state index >= 15 is 0 Å². The zero-order valence-corrected chi connectivity index (χ0v) is 19.3. The van der Waals surface area contributed by atoms with Crippen LogP contribution in [0.4, 0.5) is 21.5 Å². The molecule has 0 atom stereocenters. The summed E-state index contributed by atoms with van der Waals surface area (Å²) in [4.78, 5) is 37.7. The van der Waals surface area contributed by atoms with E-state index in [0.29, 0.717) is 36.3 Å². The summed E-state index contributed by atoms with van der Waals surface area (Å²) in [6, 6.07) is 13.2. The van der Waals surface area contributed by atoms with Crippen molar-refractivity contribution in [3.05, 3.63) is 93.3 Å². The molecule has 3 aromatic carbocycles. The Hall–Kier alpha value is -4.12. The van der Waals surface area contributed by atoms with Crippen LogP contribution in [0.15, 0.2) is 65.6 Å². The van der Waals surface area contributed by atoms with Crippen molar-refractivity contribution in [2.24, 2.45) is 0 Å². The molecule has 0 fully saturated rings. The molecule has 0 radical (unpaired) electrons. The Bertz CT molecular complexity index is 1450. The number of nitro groups is 1. The van der Waals surface area contributed by atoms with Gasteiger partial charge >= 0.3 is 0 Å². The van der Waals surface area contributed by atoms with Gasteiger partial charge in [-0.05, 0) is 60.9 Å². The number of non-ortho nitro benzene ring substituents is 1. The van der Waals surface area contributed by atoms with Crippen LogP contribution in [0.3, 0.4) is 0 Å². The molecular formula is C24H20FN3O6S. The number of anilines is 2. The number of carbonyl (C=O) groups excluding carboxylic acids is 2. The maximum Gasteiger partial charge on any atom is 0.271 e. The van der Waals surface area contributed by atoms with Gasteiger partial charge in [0.2, 0.25) is 0 Å². The number of halogens is 1. The second kappa shape index (κ2) is 9.26. The SMILES string of the molecule is CS(=O)(=O)c1cc(C(=O)N2CCCc3c(NC(=O)c4ccc(F)cc4)cccc32)cc([N+](=O)[O-])c1. The van der Waals surface area contributed by atoms with Gasteiger partial charge in [-0.1, -0.05) is 6.07 Å².